The average molecular weight is 312 g/mol. The molecule has 3 nitrogen and oxygen atoms in total. The molecule has 1 N–H and O–H groups in total. The van der Waals surface area contributed by atoms with Gasteiger partial charge in [0, 0.05) is 29.1 Å². The second-order valence-corrected chi connectivity index (χ2v) is 4.66. The Bertz CT molecular complexity index is 696. The summed E-state index contributed by atoms with van der Waals surface area (Å²) in [7, 11) is 0. The molecule has 1 heterocycles. The first-order valence-electron chi connectivity index (χ1n) is 6.63. The first kappa shape index (κ1) is 15.7. The van der Waals surface area contributed by atoms with Crippen molar-refractivity contribution in [3.8, 4) is 0 Å². The molecule has 4 aliphatic rings. The number of halogens is 1. The van der Waals surface area contributed by atoms with Crippen molar-refractivity contribution in [3.05, 3.63) is 95.5 Å². The molecule has 3 aliphatic carbocycles. The van der Waals surface area contributed by atoms with Gasteiger partial charge in [-0.05, 0) is 42.0 Å². The molecule has 0 aromatic carbocycles. The van der Waals surface area contributed by atoms with Gasteiger partial charge in [-0.1, -0.05) is 24.3 Å². The third-order valence-electron chi connectivity index (χ3n) is 3.32. The molecular weight excluding hydrogens is 298 g/mol. The average Bonchev–Trinajstić information content (AvgIpc) is 2.74. The summed E-state index contributed by atoms with van der Waals surface area (Å²) in [6.07, 6.45) is 21.6. The molecule has 0 fully saturated rings. The summed E-state index contributed by atoms with van der Waals surface area (Å²) in [4.78, 5) is 22.9. The highest BCUT2D eigenvalue weighted by atomic mass is 35.5. The van der Waals surface area contributed by atoms with E-state index < -0.39 is 0 Å². The van der Waals surface area contributed by atoms with Gasteiger partial charge in [0.1, 0.15) is 0 Å². The third kappa shape index (κ3) is 3.00. The Labute approximate surface area is 134 Å². The standard InChI is InChI=1S/C12H6O2.C6H7N.ClH/c13-10-5-1-7-2-6-11(14)9-4-3-8(10)12(7)9;1-2-4-6-7-5-3-1;/h1-6H;1-7H;1H. The quantitative estimate of drug-likeness (QED) is 0.748. The molecule has 0 saturated carbocycles. The van der Waals surface area contributed by atoms with Gasteiger partial charge in [0.05, 0.1) is 0 Å². The molecule has 0 aromatic heterocycles. The van der Waals surface area contributed by atoms with Crippen LogP contribution in [0, 0.1) is 0 Å². The van der Waals surface area contributed by atoms with Crippen molar-refractivity contribution < 1.29 is 9.59 Å². The Morgan fingerprint density at radius 2 is 1.18 bits per heavy atom. The maximum Gasteiger partial charge on any atom is 0.186 e. The van der Waals surface area contributed by atoms with Crippen molar-refractivity contribution in [2.24, 2.45) is 0 Å². The van der Waals surface area contributed by atoms with E-state index in [-0.39, 0.29) is 24.0 Å². The number of ketones is 2. The largest absolute Gasteiger partial charge is 0.368 e. The third-order valence-corrected chi connectivity index (χ3v) is 3.32. The summed E-state index contributed by atoms with van der Waals surface area (Å²) in [5, 5.41) is 2.92. The van der Waals surface area contributed by atoms with Crippen molar-refractivity contribution in [1.29, 1.82) is 0 Å². The zero-order valence-electron chi connectivity index (χ0n) is 11.7. The predicted molar refractivity (Wildman–Crippen MR) is 89.3 cm³/mol. The number of nitrogens with one attached hydrogen (secondary N) is 1. The fraction of sp³-hybridized carbons (Fsp3) is 0. The van der Waals surface area contributed by atoms with Crippen molar-refractivity contribution in [1.82, 2.24) is 5.32 Å². The van der Waals surface area contributed by atoms with E-state index in [1.54, 1.807) is 36.5 Å². The Kier molecular flexibility index (Phi) is 4.92. The number of carbonyl (C=O) groups excluding carboxylic acids is 2. The Morgan fingerprint density at radius 1 is 0.682 bits per heavy atom. The minimum atomic E-state index is -0.0156. The molecule has 0 amide bonds. The van der Waals surface area contributed by atoms with Crippen LogP contribution in [-0.2, 0) is 9.59 Å². The normalized spacial score (nSPS) is 19.5. The van der Waals surface area contributed by atoms with Crippen LogP contribution in [0.25, 0.3) is 0 Å². The van der Waals surface area contributed by atoms with Gasteiger partial charge in [-0.25, -0.2) is 0 Å². The number of carbonyl (C=O) groups is 2. The van der Waals surface area contributed by atoms with Crippen molar-refractivity contribution in [2.75, 3.05) is 0 Å². The van der Waals surface area contributed by atoms with Gasteiger partial charge in [-0.3, -0.25) is 9.59 Å². The highest BCUT2D eigenvalue weighted by Crippen LogP contribution is 2.36. The summed E-state index contributed by atoms with van der Waals surface area (Å²) in [6, 6.07) is 0. The molecular formula is C18H14ClNO2. The van der Waals surface area contributed by atoms with Crippen molar-refractivity contribution >= 4 is 24.0 Å². The molecule has 0 spiro atoms. The van der Waals surface area contributed by atoms with Gasteiger partial charge in [-0.15, -0.1) is 12.4 Å². The minimum absolute atomic E-state index is 0. The molecule has 0 saturated heterocycles. The lowest BCUT2D eigenvalue weighted by Gasteiger charge is -2.16. The molecule has 1 aliphatic heterocycles. The van der Waals surface area contributed by atoms with Crippen LogP contribution in [0.2, 0.25) is 0 Å². The van der Waals surface area contributed by atoms with Crippen LogP contribution >= 0.6 is 12.4 Å². The SMILES string of the molecule is C1=CC=CNC=C1.Cl.O=C1C=CC2=C3C1=CC=C3C(=O)C=C2. The van der Waals surface area contributed by atoms with Gasteiger partial charge in [0.15, 0.2) is 11.6 Å². The molecule has 22 heavy (non-hydrogen) atoms. The zero-order valence-corrected chi connectivity index (χ0v) is 12.5. The Hall–Kier alpha value is -2.65. The summed E-state index contributed by atoms with van der Waals surface area (Å²) < 4.78 is 0. The second kappa shape index (κ2) is 6.87. The van der Waals surface area contributed by atoms with Crippen molar-refractivity contribution in [2.45, 2.75) is 0 Å². The lowest BCUT2D eigenvalue weighted by molar-refractivity contribution is -0.111. The van der Waals surface area contributed by atoms with Gasteiger partial charge in [-0.2, -0.15) is 0 Å². The molecule has 4 heteroatoms. The second-order valence-electron chi connectivity index (χ2n) is 4.66. The summed E-state index contributed by atoms with van der Waals surface area (Å²) >= 11 is 0. The number of hydrogen-bond acceptors (Lipinski definition) is 3. The molecule has 0 radical (unpaired) electrons. The van der Waals surface area contributed by atoms with E-state index in [0.717, 1.165) is 11.1 Å². The number of rotatable bonds is 0. The van der Waals surface area contributed by atoms with E-state index in [4.69, 9.17) is 0 Å². The van der Waals surface area contributed by atoms with Crippen LogP contribution in [0.15, 0.2) is 95.5 Å². The highest BCUT2D eigenvalue weighted by molar-refractivity contribution is 6.20. The van der Waals surface area contributed by atoms with Gasteiger partial charge in [0.2, 0.25) is 0 Å². The van der Waals surface area contributed by atoms with Crippen LogP contribution in [0.4, 0.5) is 0 Å². The predicted octanol–water partition coefficient (Wildman–Crippen LogP) is 3.02. The van der Waals surface area contributed by atoms with E-state index >= 15 is 0 Å². The lowest BCUT2D eigenvalue weighted by atomic mass is 9.85. The highest BCUT2D eigenvalue weighted by Gasteiger charge is 2.29. The molecule has 110 valence electrons. The zero-order chi connectivity index (χ0) is 14.7. The fourth-order valence-corrected chi connectivity index (χ4v) is 2.34. The van der Waals surface area contributed by atoms with Crippen LogP contribution in [0.5, 0.6) is 0 Å². The number of allylic oxidation sites excluding steroid dienone is 14. The molecule has 0 bridgehead atoms. The van der Waals surface area contributed by atoms with E-state index in [9.17, 15) is 9.59 Å². The lowest BCUT2D eigenvalue weighted by Crippen LogP contribution is -2.13. The fourth-order valence-electron chi connectivity index (χ4n) is 2.34. The van der Waals surface area contributed by atoms with Crippen molar-refractivity contribution in [3.63, 3.8) is 0 Å². The summed E-state index contributed by atoms with van der Waals surface area (Å²) in [5.74, 6) is -0.0313. The van der Waals surface area contributed by atoms with E-state index in [1.165, 1.54) is 0 Å². The van der Waals surface area contributed by atoms with Gasteiger partial charge >= 0.3 is 0 Å². The number of hydrogen-bond donors (Lipinski definition) is 1. The van der Waals surface area contributed by atoms with E-state index in [2.05, 4.69) is 5.32 Å². The van der Waals surface area contributed by atoms with E-state index in [0.29, 0.717) is 11.1 Å². The molecule has 0 unspecified atom stereocenters. The Morgan fingerprint density at radius 3 is 1.68 bits per heavy atom. The minimum Gasteiger partial charge on any atom is -0.368 e. The summed E-state index contributed by atoms with van der Waals surface area (Å²) in [5.41, 5.74) is 3.06. The maximum absolute atomic E-state index is 11.5. The first-order chi connectivity index (χ1) is 10.3. The van der Waals surface area contributed by atoms with Gasteiger partial charge < -0.3 is 5.32 Å². The summed E-state index contributed by atoms with van der Waals surface area (Å²) in [6.45, 7) is 0. The smallest absolute Gasteiger partial charge is 0.186 e. The van der Waals surface area contributed by atoms with Crippen LogP contribution in [0.3, 0.4) is 0 Å². The Balaban J connectivity index is 0.000000189. The topological polar surface area (TPSA) is 46.2 Å². The molecule has 0 atom stereocenters. The van der Waals surface area contributed by atoms with Crippen LogP contribution in [-0.4, -0.2) is 11.6 Å². The monoisotopic (exact) mass is 311 g/mol. The van der Waals surface area contributed by atoms with Crippen LogP contribution < -0.4 is 5.32 Å². The molecule has 0 aromatic rings. The maximum atomic E-state index is 11.5. The molecule has 4 rings (SSSR count). The van der Waals surface area contributed by atoms with Gasteiger partial charge in [0.25, 0.3) is 0 Å². The van der Waals surface area contributed by atoms with Crippen LogP contribution in [0.1, 0.15) is 0 Å². The van der Waals surface area contributed by atoms with E-state index in [1.807, 2.05) is 36.7 Å². The first-order valence-corrected chi connectivity index (χ1v) is 6.63.